The Morgan fingerprint density at radius 2 is 1.13 bits per heavy atom. The van der Waals surface area contributed by atoms with Crippen molar-refractivity contribution < 1.29 is 0 Å². The largest absolute Gasteiger partial charge is 0.0726 e. The van der Waals surface area contributed by atoms with Crippen LogP contribution in [0.1, 0.15) is 17.0 Å². The van der Waals surface area contributed by atoms with Crippen molar-refractivity contribution in [2.45, 2.75) is 5.92 Å². The molecule has 0 radical (unpaired) electrons. The standard InChI is InChI=1S/C39H28/c1-4-14-28(15-5-1)24-33-22-12-13-23-35(33)39-37-26-32-21-11-10-20-31(32)25-34(37)27-36(29-16-6-2-7-17-29)38(39)30-18-8-3-9-19-30/h1-27,35H. The number of hydrogen-bond donors (Lipinski definition) is 0. The van der Waals surface area contributed by atoms with E-state index in [1.165, 1.54) is 60.5 Å². The fourth-order valence-electron chi connectivity index (χ4n) is 5.90. The van der Waals surface area contributed by atoms with Gasteiger partial charge >= 0.3 is 0 Å². The van der Waals surface area contributed by atoms with E-state index in [0.29, 0.717) is 0 Å². The predicted molar refractivity (Wildman–Crippen MR) is 168 cm³/mol. The second-order valence-corrected chi connectivity index (χ2v) is 10.1. The van der Waals surface area contributed by atoms with Crippen LogP contribution in [0.2, 0.25) is 0 Å². The lowest BCUT2D eigenvalue weighted by atomic mass is 9.77. The van der Waals surface area contributed by atoms with Crippen molar-refractivity contribution in [1.82, 2.24) is 0 Å². The summed E-state index contributed by atoms with van der Waals surface area (Å²) in [7, 11) is 0. The predicted octanol–water partition coefficient (Wildman–Crippen LogP) is 10.6. The number of rotatable bonds is 4. The lowest BCUT2D eigenvalue weighted by Gasteiger charge is -2.26. The molecule has 0 heterocycles. The van der Waals surface area contributed by atoms with Crippen molar-refractivity contribution in [3.05, 3.63) is 174 Å². The highest BCUT2D eigenvalue weighted by Crippen LogP contribution is 2.47. The number of benzene rings is 6. The second kappa shape index (κ2) is 10.1. The van der Waals surface area contributed by atoms with Crippen LogP contribution in [-0.4, -0.2) is 0 Å². The van der Waals surface area contributed by atoms with E-state index in [4.69, 9.17) is 0 Å². The van der Waals surface area contributed by atoms with Crippen molar-refractivity contribution >= 4 is 27.6 Å². The molecule has 1 atom stereocenters. The van der Waals surface area contributed by atoms with E-state index in [0.717, 1.165) is 0 Å². The van der Waals surface area contributed by atoms with Crippen LogP contribution in [0.4, 0.5) is 0 Å². The highest BCUT2D eigenvalue weighted by atomic mass is 14.3. The molecule has 0 saturated heterocycles. The van der Waals surface area contributed by atoms with Gasteiger partial charge in [0.05, 0.1) is 0 Å². The Labute approximate surface area is 229 Å². The third-order valence-electron chi connectivity index (χ3n) is 7.70. The van der Waals surface area contributed by atoms with Crippen LogP contribution in [0.25, 0.3) is 49.9 Å². The van der Waals surface area contributed by atoms with Crippen molar-refractivity contribution in [3.63, 3.8) is 0 Å². The van der Waals surface area contributed by atoms with Crippen LogP contribution in [0.3, 0.4) is 0 Å². The van der Waals surface area contributed by atoms with Gasteiger partial charge < -0.3 is 0 Å². The van der Waals surface area contributed by atoms with E-state index in [1.807, 2.05) is 0 Å². The lowest BCUT2D eigenvalue weighted by molar-refractivity contribution is 1.04. The Morgan fingerprint density at radius 1 is 0.513 bits per heavy atom. The Bertz CT molecular complexity index is 1870. The molecule has 0 N–H and O–H groups in total. The van der Waals surface area contributed by atoms with Crippen LogP contribution >= 0.6 is 0 Å². The molecule has 0 saturated carbocycles. The summed E-state index contributed by atoms with van der Waals surface area (Å²) < 4.78 is 0. The van der Waals surface area contributed by atoms with Gasteiger partial charge in [-0.05, 0) is 78.7 Å². The van der Waals surface area contributed by atoms with Crippen LogP contribution < -0.4 is 0 Å². The molecule has 0 fully saturated rings. The average molecular weight is 497 g/mol. The molecular formula is C39H28. The Kier molecular flexibility index (Phi) is 6.00. The first kappa shape index (κ1) is 23.2. The molecule has 0 amide bonds. The molecule has 1 aliphatic rings. The van der Waals surface area contributed by atoms with Crippen molar-refractivity contribution in [3.8, 4) is 22.3 Å². The maximum absolute atomic E-state index is 2.40. The van der Waals surface area contributed by atoms with E-state index in [1.54, 1.807) is 0 Å². The minimum Gasteiger partial charge on any atom is -0.0726 e. The number of allylic oxidation sites excluding steroid dienone is 5. The van der Waals surface area contributed by atoms with Gasteiger partial charge in [0.1, 0.15) is 0 Å². The molecule has 0 aliphatic heterocycles. The zero-order valence-corrected chi connectivity index (χ0v) is 21.7. The van der Waals surface area contributed by atoms with Crippen LogP contribution in [0, 0.1) is 0 Å². The molecule has 0 aromatic heterocycles. The van der Waals surface area contributed by atoms with Crippen LogP contribution in [0.5, 0.6) is 0 Å². The average Bonchev–Trinajstić information content (AvgIpc) is 3.01. The first-order chi connectivity index (χ1) is 19.3. The monoisotopic (exact) mass is 496 g/mol. The Balaban J connectivity index is 1.61. The zero-order chi connectivity index (χ0) is 26.0. The summed E-state index contributed by atoms with van der Waals surface area (Å²) in [5.41, 5.74) is 8.90. The van der Waals surface area contributed by atoms with Gasteiger partial charge in [0, 0.05) is 5.92 Å². The Hall–Kier alpha value is -4.94. The fraction of sp³-hybridized carbons (Fsp3) is 0.0256. The maximum atomic E-state index is 2.40. The summed E-state index contributed by atoms with van der Waals surface area (Å²) >= 11 is 0. The minimum atomic E-state index is 0.109. The fourth-order valence-corrected chi connectivity index (χ4v) is 5.90. The van der Waals surface area contributed by atoms with E-state index in [9.17, 15) is 0 Å². The quantitative estimate of drug-likeness (QED) is 0.213. The molecular weight excluding hydrogens is 468 g/mol. The highest BCUT2D eigenvalue weighted by Gasteiger charge is 2.25. The molecule has 1 unspecified atom stereocenters. The third kappa shape index (κ3) is 4.41. The van der Waals surface area contributed by atoms with Crippen molar-refractivity contribution in [2.75, 3.05) is 0 Å². The molecule has 7 rings (SSSR count). The first-order valence-corrected chi connectivity index (χ1v) is 13.6. The van der Waals surface area contributed by atoms with Crippen LogP contribution in [0.15, 0.2) is 163 Å². The molecule has 6 aromatic rings. The van der Waals surface area contributed by atoms with Gasteiger partial charge in [0.2, 0.25) is 0 Å². The van der Waals surface area contributed by atoms with E-state index in [2.05, 4.69) is 164 Å². The molecule has 0 spiro atoms. The van der Waals surface area contributed by atoms with Gasteiger partial charge in [-0.15, -0.1) is 0 Å². The van der Waals surface area contributed by atoms with Gasteiger partial charge in [-0.2, -0.15) is 0 Å². The second-order valence-electron chi connectivity index (χ2n) is 10.1. The Morgan fingerprint density at radius 3 is 1.85 bits per heavy atom. The third-order valence-corrected chi connectivity index (χ3v) is 7.70. The summed E-state index contributed by atoms with van der Waals surface area (Å²) in [6.07, 6.45) is 11.3. The number of fused-ring (bicyclic) bond motifs is 2. The molecule has 6 aromatic carbocycles. The van der Waals surface area contributed by atoms with Gasteiger partial charge in [0.15, 0.2) is 0 Å². The van der Waals surface area contributed by atoms with Crippen molar-refractivity contribution in [1.29, 1.82) is 0 Å². The summed E-state index contributed by atoms with van der Waals surface area (Å²) in [5, 5.41) is 5.10. The summed E-state index contributed by atoms with van der Waals surface area (Å²) in [4.78, 5) is 0. The molecule has 1 aliphatic carbocycles. The highest BCUT2D eigenvalue weighted by molar-refractivity contribution is 6.07. The molecule has 0 heteroatoms. The number of hydrogen-bond acceptors (Lipinski definition) is 0. The molecule has 39 heavy (non-hydrogen) atoms. The topological polar surface area (TPSA) is 0 Å². The van der Waals surface area contributed by atoms with Gasteiger partial charge in [-0.3, -0.25) is 0 Å². The summed E-state index contributed by atoms with van der Waals surface area (Å²) in [5.74, 6) is 0.109. The molecule has 0 bridgehead atoms. The summed E-state index contributed by atoms with van der Waals surface area (Å²) in [6, 6.07) is 48.2. The molecule has 184 valence electrons. The normalized spacial score (nSPS) is 15.8. The van der Waals surface area contributed by atoms with Crippen LogP contribution in [-0.2, 0) is 0 Å². The molecule has 0 nitrogen and oxygen atoms in total. The van der Waals surface area contributed by atoms with E-state index >= 15 is 0 Å². The van der Waals surface area contributed by atoms with Gasteiger partial charge in [-0.25, -0.2) is 0 Å². The minimum absolute atomic E-state index is 0.109. The maximum Gasteiger partial charge on any atom is 0.0285 e. The zero-order valence-electron chi connectivity index (χ0n) is 21.7. The first-order valence-electron chi connectivity index (χ1n) is 13.6. The SMILES string of the molecule is C1=CC(=Cc2ccccc2)C(c2c(-c3ccccc3)c(-c3ccccc3)cc3cc4ccccc4cc23)C=C1. The van der Waals surface area contributed by atoms with Gasteiger partial charge in [0.25, 0.3) is 0 Å². The van der Waals surface area contributed by atoms with E-state index < -0.39 is 0 Å². The van der Waals surface area contributed by atoms with Gasteiger partial charge in [-0.1, -0.05) is 146 Å². The smallest absolute Gasteiger partial charge is 0.0285 e. The lowest BCUT2D eigenvalue weighted by Crippen LogP contribution is -2.06. The van der Waals surface area contributed by atoms with E-state index in [-0.39, 0.29) is 5.92 Å². The summed E-state index contributed by atoms with van der Waals surface area (Å²) in [6.45, 7) is 0. The van der Waals surface area contributed by atoms with Crippen molar-refractivity contribution in [2.24, 2.45) is 0 Å².